The van der Waals surface area contributed by atoms with Crippen LogP contribution >= 0.6 is 0 Å². The van der Waals surface area contributed by atoms with E-state index >= 15 is 0 Å². The van der Waals surface area contributed by atoms with E-state index < -0.39 is 18.1 Å². The van der Waals surface area contributed by atoms with Crippen molar-refractivity contribution in [3.8, 4) is 0 Å². The van der Waals surface area contributed by atoms with Crippen molar-refractivity contribution in [2.24, 2.45) is 0 Å². The Bertz CT molecular complexity index is 275. The molecular weight excluding hydrogens is 216 g/mol. The summed E-state index contributed by atoms with van der Waals surface area (Å²) < 4.78 is 6.29. The highest BCUT2D eigenvalue weighted by Crippen LogP contribution is 2.25. The summed E-state index contributed by atoms with van der Waals surface area (Å²) in [5, 5.41) is 0. The van der Waals surface area contributed by atoms with E-state index in [4.69, 9.17) is 4.12 Å². The Balaban J connectivity index is 1.85. The molecule has 0 spiro atoms. The minimum atomic E-state index is -1.05. The zero-order valence-electron chi connectivity index (χ0n) is 9.34. The van der Waals surface area contributed by atoms with E-state index in [1.807, 2.05) is 0 Å². The molecule has 0 saturated heterocycles. The first-order chi connectivity index (χ1) is 7.27. The molecule has 15 heavy (non-hydrogen) atoms. The van der Waals surface area contributed by atoms with Crippen LogP contribution in [0.3, 0.4) is 0 Å². The van der Waals surface area contributed by atoms with Crippen LogP contribution in [0.4, 0.5) is 0 Å². The van der Waals surface area contributed by atoms with Gasteiger partial charge in [0.25, 0.3) is 0 Å². The highest BCUT2D eigenvalue weighted by Gasteiger charge is 2.23. The maximum absolute atomic E-state index is 6.29. The van der Waals surface area contributed by atoms with E-state index in [-0.39, 0.29) is 0 Å². The van der Waals surface area contributed by atoms with Gasteiger partial charge in [-0.05, 0) is 13.1 Å². The van der Waals surface area contributed by atoms with Crippen LogP contribution in [0.15, 0.2) is 48.6 Å². The molecule has 0 aliphatic heterocycles. The molecule has 2 rings (SSSR count). The zero-order chi connectivity index (χ0) is 10.7. The molecule has 80 valence electrons. The maximum Gasteiger partial charge on any atom is 0.170 e. The minimum Gasteiger partial charge on any atom is -0.459 e. The SMILES string of the molecule is C[SiH](O[SiH](C)C1C=CC=C1)C1C=CC=C1. The summed E-state index contributed by atoms with van der Waals surface area (Å²) in [7, 11) is -2.10. The van der Waals surface area contributed by atoms with Crippen LogP contribution < -0.4 is 0 Å². The highest BCUT2D eigenvalue weighted by molar-refractivity contribution is 6.67. The van der Waals surface area contributed by atoms with Crippen molar-refractivity contribution in [2.45, 2.75) is 24.2 Å². The molecule has 0 aromatic heterocycles. The summed E-state index contributed by atoms with van der Waals surface area (Å²) in [6.07, 6.45) is 17.7. The Morgan fingerprint density at radius 1 is 0.733 bits per heavy atom. The van der Waals surface area contributed by atoms with Crippen LogP contribution in [0.25, 0.3) is 0 Å². The first-order valence-corrected chi connectivity index (χ1v) is 10.2. The molecule has 2 aliphatic carbocycles. The summed E-state index contributed by atoms with van der Waals surface area (Å²) in [5.74, 6) is 0. The van der Waals surface area contributed by atoms with E-state index in [1.54, 1.807) is 0 Å². The summed E-state index contributed by atoms with van der Waals surface area (Å²) in [6.45, 7) is 4.63. The van der Waals surface area contributed by atoms with E-state index in [9.17, 15) is 0 Å². The van der Waals surface area contributed by atoms with Gasteiger partial charge in [-0.2, -0.15) is 0 Å². The Morgan fingerprint density at radius 2 is 1.07 bits per heavy atom. The third-order valence-electron chi connectivity index (χ3n) is 3.07. The Kier molecular flexibility index (Phi) is 3.56. The van der Waals surface area contributed by atoms with Gasteiger partial charge in [-0.25, -0.2) is 0 Å². The van der Waals surface area contributed by atoms with Crippen LogP contribution in [-0.2, 0) is 4.12 Å². The fraction of sp³-hybridized carbons (Fsp3) is 0.333. The standard InChI is InChI=1S/C12H18OSi2/c1-14(11-7-3-4-8-11)13-15(2)12-9-5-6-10-12/h3-12,14-15H,1-2H3. The van der Waals surface area contributed by atoms with Crippen molar-refractivity contribution in [1.29, 1.82) is 0 Å². The van der Waals surface area contributed by atoms with Gasteiger partial charge in [-0.15, -0.1) is 0 Å². The topological polar surface area (TPSA) is 9.23 Å². The van der Waals surface area contributed by atoms with Crippen molar-refractivity contribution in [3.05, 3.63) is 48.6 Å². The van der Waals surface area contributed by atoms with Gasteiger partial charge in [0.2, 0.25) is 0 Å². The van der Waals surface area contributed by atoms with E-state index in [2.05, 4.69) is 61.7 Å². The summed E-state index contributed by atoms with van der Waals surface area (Å²) in [5.41, 5.74) is 1.24. The average Bonchev–Trinajstić information content (AvgIpc) is 2.91. The fourth-order valence-electron chi connectivity index (χ4n) is 2.04. The van der Waals surface area contributed by atoms with Crippen molar-refractivity contribution in [2.75, 3.05) is 0 Å². The normalized spacial score (nSPS) is 24.1. The van der Waals surface area contributed by atoms with E-state index in [0.717, 1.165) is 0 Å². The van der Waals surface area contributed by atoms with Gasteiger partial charge in [-0.1, -0.05) is 48.6 Å². The Labute approximate surface area is 95.3 Å². The molecule has 3 heteroatoms. The van der Waals surface area contributed by atoms with Gasteiger partial charge in [-0.3, -0.25) is 0 Å². The van der Waals surface area contributed by atoms with Gasteiger partial charge in [0, 0.05) is 11.1 Å². The van der Waals surface area contributed by atoms with Gasteiger partial charge >= 0.3 is 0 Å². The zero-order valence-corrected chi connectivity index (χ0v) is 11.6. The predicted molar refractivity (Wildman–Crippen MR) is 71.2 cm³/mol. The lowest BCUT2D eigenvalue weighted by Gasteiger charge is -2.23. The minimum absolute atomic E-state index is 0.620. The summed E-state index contributed by atoms with van der Waals surface area (Å²) >= 11 is 0. The van der Waals surface area contributed by atoms with E-state index in [0.29, 0.717) is 11.1 Å². The van der Waals surface area contributed by atoms with Gasteiger partial charge in [0.1, 0.15) is 0 Å². The molecule has 0 amide bonds. The second-order valence-corrected chi connectivity index (χ2v) is 9.69. The van der Waals surface area contributed by atoms with Gasteiger partial charge < -0.3 is 4.12 Å². The van der Waals surface area contributed by atoms with Crippen LogP contribution in [0.1, 0.15) is 0 Å². The maximum atomic E-state index is 6.29. The van der Waals surface area contributed by atoms with Crippen LogP contribution in [0, 0.1) is 0 Å². The molecule has 0 saturated carbocycles. The monoisotopic (exact) mass is 234 g/mol. The smallest absolute Gasteiger partial charge is 0.170 e. The van der Waals surface area contributed by atoms with Crippen molar-refractivity contribution in [1.82, 2.24) is 0 Å². The van der Waals surface area contributed by atoms with Crippen LogP contribution in [0.5, 0.6) is 0 Å². The third-order valence-corrected chi connectivity index (χ3v) is 9.56. The second kappa shape index (κ2) is 4.92. The molecule has 0 N–H and O–H groups in total. The van der Waals surface area contributed by atoms with Gasteiger partial charge in [0.15, 0.2) is 18.1 Å². The molecular formula is C12H18OSi2. The molecule has 0 heterocycles. The molecule has 2 unspecified atom stereocenters. The lowest BCUT2D eigenvalue weighted by molar-refractivity contribution is 0.583. The van der Waals surface area contributed by atoms with Crippen LogP contribution in [-0.4, -0.2) is 18.1 Å². The molecule has 0 radical (unpaired) electrons. The molecule has 1 nitrogen and oxygen atoms in total. The predicted octanol–water partition coefficient (Wildman–Crippen LogP) is 2.70. The average molecular weight is 234 g/mol. The summed E-state index contributed by atoms with van der Waals surface area (Å²) in [4.78, 5) is 0. The first kappa shape index (κ1) is 10.9. The van der Waals surface area contributed by atoms with Crippen molar-refractivity contribution < 1.29 is 4.12 Å². The Hall–Kier alpha value is -0.646. The quantitative estimate of drug-likeness (QED) is 0.680. The lowest BCUT2D eigenvalue weighted by Crippen LogP contribution is -2.29. The Morgan fingerprint density at radius 3 is 1.40 bits per heavy atom. The van der Waals surface area contributed by atoms with E-state index in [1.165, 1.54) is 0 Å². The van der Waals surface area contributed by atoms with Gasteiger partial charge in [0.05, 0.1) is 0 Å². The molecule has 2 atom stereocenters. The first-order valence-electron chi connectivity index (χ1n) is 5.63. The summed E-state index contributed by atoms with van der Waals surface area (Å²) in [6, 6.07) is 0. The van der Waals surface area contributed by atoms with Crippen molar-refractivity contribution in [3.63, 3.8) is 0 Å². The molecule has 0 bridgehead atoms. The molecule has 0 aromatic carbocycles. The molecule has 0 aromatic rings. The largest absolute Gasteiger partial charge is 0.459 e. The lowest BCUT2D eigenvalue weighted by atomic mass is 10.5. The molecule has 2 aliphatic rings. The van der Waals surface area contributed by atoms with Crippen molar-refractivity contribution >= 4 is 18.1 Å². The molecule has 0 fully saturated rings. The van der Waals surface area contributed by atoms with Crippen LogP contribution in [0.2, 0.25) is 24.2 Å². The number of hydrogen-bond donors (Lipinski definition) is 0. The third kappa shape index (κ3) is 2.68. The number of rotatable bonds is 4. The number of allylic oxidation sites excluding steroid dienone is 8. The highest BCUT2D eigenvalue weighted by atomic mass is 28.4. The second-order valence-electron chi connectivity index (χ2n) is 4.24. The number of hydrogen-bond acceptors (Lipinski definition) is 1. The fourth-order valence-corrected chi connectivity index (χ4v) is 7.97.